The van der Waals surface area contributed by atoms with E-state index in [9.17, 15) is 28.8 Å². The predicted molar refractivity (Wildman–Crippen MR) is 235 cm³/mol. The lowest BCUT2D eigenvalue weighted by atomic mass is 9.92. The molecule has 4 aliphatic rings. The molecule has 0 bridgehead atoms. The van der Waals surface area contributed by atoms with Crippen LogP contribution in [0, 0.1) is 34.5 Å². The largest absolute Gasteiger partial charge is 0.481 e. The SMILES string of the molecule is CC(=N)c1ccc(CNC(=O)[C@@H]2CCN2C(=O)[C@H](CCC(=O)OCc2ccccc2)C2CC2)cc1.N=C(N)c1ccc(CNC(=O)[C@@H]2CCN2C(=O)[C@H](CCC(=O)O)C2CC2)cc1. The molecule has 0 radical (unpaired) electrons. The lowest BCUT2D eigenvalue weighted by Crippen LogP contribution is -2.59. The van der Waals surface area contributed by atoms with Gasteiger partial charge in [0.15, 0.2) is 0 Å². The molecule has 63 heavy (non-hydrogen) atoms. The van der Waals surface area contributed by atoms with Crippen molar-refractivity contribution >= 4 is 47.1 Å². The van der Waals surface area contributed by atoms with Crippen LogP contribution in [0.25, 0.3) is 0 Å². The first kappa shape index (κ1) is 46.1. The molecule has 7 N–H and O–H groups in total. The number of rotatable bonds is 20. The number of likely N-dealkylation sites (tertiary alicyclic amines) is 2. The van der Waals surface area contributed by atoms with Gasteiger partial charge in [0.05, 0.1) is 0 Å². The number of amides is 4. The Balaban J connectivity index is 0.000000215. The van der Waals surface area contributed by atoms with Gasteiger partial charge in [-0.2, -0.15) is 0 Å². The third-order valence-corrected chi connectivity index (χ3v) is 12.4. The van der Waals surface area contributed by atoms with Crippen LogP contribution in [0.5, 0.6) is 0 Å². The molecule has 0 unspecified atom stereocenters. The van der Waals surface area contributed by atoms with Crippen molar-refractivity contribution < 1.29 is 38.6 Å². The van der Waals surface area contributed by atoms with Crippen LogP contribution in [0.4, 0.5) is 0 Å². The molecule has 0 spiro atoms. The van der Waals surface area contributed by atoms with Gasteiger partial charge in [-0.3, -0.25) is 34.2 Å². The summed E-state index contributed by atoms with van der Waals surface area (Å²) in [6, 6.07) is 23.2. The summed E-state index contributed by atoms with van der Waals surface area (Å²) in [5.74, 6) is -1.59. The average Bonchev–Trinajstić information content (AvgIpc) is 4.18. The monoisotopic (exact) mass is 861 g/mol. The van der Waals surface area contributed by atoms with Gasteiger partial charge in [0.1, 0.15) is 24.5 Å². The smallest absolute Gasteiger partial charge is 0.306 e. The van der Waals surface area contributed by atoms with E-state index >= 15 is 0 Å². The van der Waals surface area contributed by atoms with Gasteiger partial charge in [-0.05, 0) is 92.4 Å². The Kier molecular flexibility index (Phi) is 15.8. The molecule has 4 amide bonds. The minimum atomic E-state index is -0.896. The normalized spacial score (nSPS) is 18.5. The molecule has 2 saturated heterocycles. The van der Waals surface area contributed by atoms with E-state index in [1.165, 1.54) is 0 Å². The van der Waals surface area contributed by atoms with E-state index in [0.29, 0.717) is 69.1 Å². The summed E-state index contributed by atoms with van der Waals surface area (Å²) in [5, 5.41) is 29.8. The summed E-state index contributed by atoms with van der Waals surface area (Å²) < 4.78 is 5.37. The van der Waals surface area contributed by atoms with Gasteiger partial charge in [0.25, 0.3) is 0 Å². The average molecular weight is 862 g/mol. The number of carbonyl (C=O) groups excluding carboxylic acids is 5. The Morgan fingerprint density at radius 2 is 1.13 bits per heavy atom. The summed E-state index contributed by atoms with van der Waals surface area (Å²) >= 11 is 0. The molecule has 7 rings (SSSR count). The summed E-state index contributed by atoms with van der Waals surface area (Å²) in [6.45, 7) is 3.81. The molecular formula is C48H59N7O8. The Hall–Kier alpha value is -6.38. The van der Waals surface area contributed by atoms with Crippen LogP contribution < -0.4 is 16.4 Å². The number of aliphatic carboxylic acids is 1. The number of carboxylic acid groups (broad SMARTS) is 1. The minimum Gasteiger partial charge on any atom is -0.481 e. The highest BCUT2D eigenvalue weighted by Gasteiger charge is 2.46. The summed E-state index contributed by atoms with van der Waals surface area (Å²) in [4.78, 5) is 77.8. The number of carboxylic acids is 1. The maximum atomic E-state index is 13.3. The predicted octanol–water partition coefficient (Wildman–Crippen LogP) is 4.92. The van der Waals surface area contributed by atoms with Crippen LogP contribution >= 0.6 is 0 Å². The van der Waals surface area contributed by atoms with Crippen molar-refractivity contribution in [2.45, 2.75) is 103 Å². The van der Waals surface area contributed by atoms with Gasteiger partial charge < -0.3 is 41.4 Å². The van der Waals surface area contributed by atoms with Crippen LogP contribution in [0.1, 0.15) is 98.9 Å². The number of hydrogen-bond donors (Lipinski definition) is 6. The maximum absolute atomic E-state index is 13.3. The fraction of sp³-hybridized carbons (Fsp3) is 0.458. The van der Waals surface area contributed by atoms with Crippen molar-refractivity contribution in [3.63, 3.8) is 0 Å². The fourth-order valence-electron chi connectivity index (χ4n) is 8.04. The number of nitrogens with two attached hydrogens (primary N) is 1. The second-order valence-electron chi connectivity index (χ2n) is 17.0. The van der Waals surface area contributed by atoms with Gasteiger partial charge in [-0.25, -0.2) is 0 Å². The standard InChI is InChI=1S/C28H33N3O4.C20H26N4O4/c1-19(29)22-9-7-20(8-10-22)17-30-27(33)25-15-16-31(25)28(34)24(23-11-12-23)13-14-26(32)35-18-21-5-3-2-4-6-21;21-18(22)14-3-1-12(2-4-14)11-23-19(27)16-9-10-24(16)20(28)15(13-5-6-13)7-8-17(25)26/h2-10,23-25,29H,11-18H2,1H3,(H,30,33);1-4,13,15-16H,5-11H2,(H3,21,22)(H,23,27)(H,25,26)/t24-,25+;15-,16+/m11/s1. The van der Waals surface area contributed by atoms with E-state index in [-0.39, 0.29) is 72.6 Å². The third kappa shape index (κ3) is 13.1. The molecule has 2 aliphatic carbocycles. The maximum Gasteiger partial charge on any atom is 0.306 e. The molecule has 2 saturated carbocycles. The summed E-state index contributed by atoms with van der Waals surface area (Å²) in [7, 11) is 0. The molecule has 2 aliphatic heterocycles. The number of nitrogen functional groups attached to an aromatic ring is 1. The van der Waals surface area contributed by atoms with E-state index in [0.717, 1.165) is 47.9 Å². The molecule has 3 aromatic carbocycles. The van der Waals surface area contributed by atoms with E-state index in [4.69, 9.17) is 26.4 Å². The van der Waals surface area contributed by atoms with Crippen molar-refractivity contribution in [1.29, 1.82) is 10.8 Å². The lowest BCUT2D eigenvalue weighted by molar-refractivity contribution is -0.152. The second-order valence-corrected chi connectivity index (χ2v) is 17.0. The van der Waals surface area contributed by atoms with Crippen LogP contribution in [-0.4, -0.2) is 87.2 Å². The Morgan fingerprint density at radius 1 is 0.667 bits per heavy atom. The van der Waals surface area contributed by atoms with Gasteiger partial charge in [-0.15, -0.1) is 0 Å². The molecule has 4 fully saturated rings. The highest BCUT2D eigenvalue weighted by Crippen LogP contribution is 2.42. The fourth-order valence-corrected chi connectivity index (χ4v) is 8.04. The van der Waals surface area contributed by atoms with E-state index in [1.807, 2.05) is 54.6 Å². The molecule has 15 nitrogen and oxygen atoms in total. The zero-order valence-corrected chi connectivity index (χ0v) is 35.9. The topological polar surface area (TPSA) is 236 Å². The van der Waals surface area contributed by atoms with Gasteiger partial charge >= 0.3 is 11.9 Å². The highest BCUT2D eigenvalue weighted by atomic mass is 16.5. The zero-order chi connectivity index (χ0) is 45.0. The van der Waals surface area contributed by atoms with E-state index in [1.54, 1.807) is 41.0 Å². The van der Waals surface area contributed by atoms with Crippen molar-refractivity contribution in [1.82, 2.24) is 20.4 Å². The number of nitrogens with zero attached hydrogens (tertiary/aromatic N) is 2. The number of ether oxygens (including phenoxy) is 1. The number of amidine groups is 1. The number of carbonyl (C=O) groups is 6. The first-order chi connectivity index (χ1) is 30.3. The molecule has 4 atom stereocenters. The quantitative estimate of drug-likeness (QED) is 0.0513. The molecule has 2 heterocycles. The van der Waals surface area contributed by atoms with Crippen LogP contribution in [-0.2, 0) is 53.2 Å². The molecular weight excluding hydrogens is 803 g/mol. The number of nitrogens with one attached hydrogen (secondary N) is 4. The molecule has 334 valence electrons. The first-order valence-electron chi connectivity index (χ1n) is 21.9. The van der Waals surface area contributed by atoms with Crippen molar-refractivity contribution in [3.8, 4) is 0 Å². The third-order valence-electron chi connectivity index (χ3n) is 12.4. The number of benzene rings is 3. The lowest BCUT2D eigenvalue weighted by Gasteiger charge is -2.41. The van der Waals surface area contributed by atoms with Crippen LogP contribution in [0.3, 0.4) is 0 Å². The molecule has 0 aromatic heterocycles. The molecule has 3 aromatic rings. The van der Waals surface area contributed by atoms with Gasteiger partial charge in [0, 0.05) is 62.1 Å². The van der Waals surface area contributed by atoms with Crippen molar-refractivity contribution in [2.24, 2.45) is 29.4 Å². The van der Waals surface area contributed by atoms with Gasteiger partial charge in [-0.1, -0.05) is 78.9 Å². The van der Waals surface area contributed by atoms with E-state index in [2.05, 4.69) is 10.6 Å². The van der Waals surface area contributed by atoms with Crippen LogP contribution in [0.2, 0.25) is 0 Å². The van der Waals surface area contributed by atoms with Crippen molar-refractivity contribution in [3.05, 3.63) is 107 Å². The Bertz CT molecular complexity index is 2140. The Labute approximate surface area is 368 Å². The van der Waals surface area contributed by atoms with E-state index < -0.39 is 18.1 Å². The number of esters is 1. The number of hydrogen-bond acceptors (Lipinski definition) is 9. The Morgan fingerprint density at radius 3 is 1.52 bits per heavy atom. The second kappa shape index (κ2) is 21.6. The van der Waals surface area contributed by atoms with Crippen molar-refractivity contribution in [2.75, 3.05) is 13.1 Å². The zero-order valence-electron chi connectivity index (χ0n) is 35.9. The summed E-state index contributed by atoms with van der Waals surface area (Å²) in [6.07, 6.45) is 6.15. The van der Waals surface area contributed by atoms with Crippen LogP contribution in [0.15, 0.2) is 78.9 Å². The summed E-state index contributed by atoms with van der Waals surface area (Å²) in [5.41, 5.74) is 10.2. The van der Waals surface area contributed by atoms with Gasteiger partial charge in [0.2, 0.25) is 23.6 Å². The first-order valence-corrected chi connectivity index (χ1v) is 21.9. The highest BCUT2D eigenvalue weighted by molar-refractivity contribution is 5.96. The minimum absolute atomic E-state index is 0.00711. The molecule has 15 heteroatoms.